The van der Waals surface area contributed by atoms with Gasteiger partial charge in [-0.1, -0.05) is 38.6 Å². The molecule has 0 aromatic carbocycles. The minimum atomic E-state index is -0.311. The van der Waals surface area contributed by atoms with Gasteiger partial charge in [-0.2, -0.15) is 5.26 Å². The van der Waals surface area contributed by atoms with Gasteiger partial charge in [0.2, 0.25) is 0 Å². The smallest absolute Gasteiger partial charge is 0.316 e. The maximum atomic E-state index is 11.6. The van der Waals surface area contributed by atoms with Crippen LogP contribution in [0.4, 0.5) is 0 Å². The molecule has 27 heavy (non-hydrogen) atoms. The minimum absolute atomic E-state index is 0.156. The topological polar surface area (TPSA) is 63.0 Å². The molecule has 2 aromatic rings. The van der Waals surface area contributed by atoms with E-state index < -0.39 is 0 Å². The van der Waals surface area contributed by atoms with Crippen molar-refractivity contribution >= 4 is 29.1 Å². The van der Waals surface area contributed by atoms with E-state index in [-0.39, 0.29) is 17.1 Å². The van der Waals surface area contributed by atoms with Crippen molar-refractivity contribution in [2.45, 2.75) is 45.1 Å². The molecular formula is C21H24N2O2S2. The fraction of sp³-hybridized carbons (Fsp3) is 0.476. The molecule has 0 radical (unpaired) electrons. The summed E-state index contributed by atoms with van der Waals surface area (Å²) in [5, 5.41) is 12.6. The minimum Gasteiger partial charge on any atom is -0.468 e. The van der Waals surface area contributed by atoms with Gasteiger partial charge in [0.1, 0.15) is 11.1 Å². The molecule has 0 fully saturated rings. The third-order valence-corrected chi connectivity index (χ3v) is 7.03. The lowest BCUT2D eigenvalue weighted by molar-refractivity contribution is -0.137. The standard InChI is InChI=1S/C21H24N2O2S2/c1-21(2,3)13-7-8-14-16(10-13)23-20(27-12-18(24)25-4)15(11-22)19(14)17-6-5-9-26-17/h5-6,9,13H,7-8,10,12H2,1-4H3/t13-/m0/s1. The molecule has 1 atom stereocenters. The summed E-state index contributed by atoms with van der Waals surface area (Å²) < 4.78 is 4.75. The Hall–Kier alpha value is -1.84. The number of hydrogen-bond donors (Lipinski definition) is 0. The summed E-state index contributed by atoms with van der Waals surface area (Å²) in [6.45, 7) is 6.83. The van der Waals surface area contributed by atoms with Gasteiger partial charge >= 0.3 is 5.97 Å². The highest BCUT2D eigenvalue weighted by molar-refractivity contribution is 7.99. The fourth-order valence-electron chi connectivity index (χ4n) is 3.57. The molecule has 0 spiro atoms. The summed E-state index contributed by atoms with van der Waals surface area (Å²) in [7, 11) is 1.37. The molecule has 4 nitrogen and oxygen atoms in total. The number of fused-ring (bicyclic) bond motifs is 1. The van der Waals surface area contributed by atoms with Crippen molar-refractivity contribution < 1.29 is 9.53 Å². The van der Waals surface area contributed by atoms with E-state index in [1.165, 1.54) is 24.4 Å². The first kappa shape index (κ1) is 19.9. The number of pyridine rings is 1. The second-order valence-electron chi connectivity index (χ2n) is 7.85. The van der Waals surface area contributed by atoms with Gasteiger partial charge in [-0.3, -0.25) is 4.79 Å². The molecule has 1 aliphatic rings. The Balaban J connectivity index is 2.11. The van der Waals surface area contributed by atoms with Gasteiger partial charge < -0.3 is 4.74 Å². The Morgan fingerprint density at radius 3 is 2.85 bits per heavy atom. The summed E-state index contributed by atoms with van der Waals surface area (Å²) in [6.07, 6.45) is 2.96. The highest BCUT2D eigenvalue weighted by atomic mass is 32.2. The molecule has 0 N–H and O–H groups in total. The van der Waals surface area contributed by atoms with E-state index in [0.717, 1.165) is 35.4 Å². The zero-order valence-electron chi connectivity index (χ0n) is 16.2. The van der Waals surface area contributed by atoms with E-state index in [0.29, 0.717) is 16.5 Å². The first-order valence-corrected chi connectivity index (χ1v) is 10.9. The highest BCUT2D eigenvalue weighted by Gasteiger charge is 2.32. The maximum Gasteiger partial charge on any atom is 0.316 e. The Kier molecular flexibility index (Phi) is 5.92. The van der Waals surface area contributed by atoms with Crippen molar-refractivity contribution in [3.05, 3.63) is 34.3 Å². The Labute approximate surface area is 169 Å². The van der Waals surface area contributed by atoms with Crippen LogP contribution in [0.25, 0.3) is 10.4 Å². The number of esters is 1. The van der Waals surface area contributed by atoms with Gasteiger partial charge in [0.05, 0.1) is 18.4 Å². The van der Waals surface area contributed by atoms with Gasteiger partial charge in [0.25, 0.3) is 0 Å². The molecule has 6 heteroatoms. The predicted octanol–water partition coefficient (Wildman–Crippen LogP) is 5.10. The van der Waals surface area contributed by atoms with Crippen LogP contribution in [0.15, 0.2) is 22.5 Å². The number of carbonyl (C=O) groups is 1. The number of hydrogen-bond acceptors (Lipinski definition) is 6. The van der Waals surface area contributed by atoms with Gasteiger partial charge in [-0.25, -0.2) is 4.98 Å². The molecule has 0 aliphatic heterocycles. The molecule has 3 rings (SSSR count). The van der Waals surface area contributed by atoms with Gasteiger partial charge in [-0.05, 0) is 47.6 Å². The quantitative estimate of drug-likeness (QED) is 0.528. The summed E-state index contributed by atoms with van der Waals surface area (Å²) in [6, 6.07) is 6.43. The number of methoxy groups -OCH3 is 1. The lowest BCUT2D eigenvalue weighted by atomic mass is 9.71. The van der Waals surface area contributed by atoms with Crippen LogP contribution in [0.5, 0.6) is 0 Å². The molecule has 0 unspecified atom stereocenters. The maximum absolute atomic E-state index is 11.6. The van der Waals surface area contributed by atoms with E-state index in [9.17, 15) is 10.1 Å². The van der Waals surface area contributed by atoms with Crippen LogP contribution in [-0.2, 0) is 22.4 Å². The second-order valence-corrected chi connectivity index (χ2v) is 9.76. The van der Waals surface area contributed by atoms with E-state index in [1.807, 2.05) is 11.4 Å². The average molecular weight is 401 g/mol. The number of nitrogens with zero attached hydrogens (tertiary/aromatic N) is 2. The summed E-state index contributed by atoms with van der Waals surface area (Å²) in [5.74, 6) is 0.400. The van der Waals surface area contributed by atoms with Crippen LogP contribution < -0.4 is 0 Å². The molecular weight excluding hydrogens is 376 g/mol. The average Bonchev–Trinajstić information content (AvgIpc) is 3.17. The normalized spacial score (nSPS) is 16.5. The number of thiophene rings is 1. The molecule has 0 saturated heterocycles. The lowest BCUT2D eigenvalue weighted by Gasteiger charge is -2.35. The van der Waals surface area contributed by atoms with Gasteiger partial charge in [0, 0.05) is 16.1 Å². The lowest BCUT2D eigenvalue weighted by Crippen LogP contribution is -2.28. The van der Waals surface area contributed by atoms with Crippen molar-refractivity contribution in [2.24, 2.45) is 11.3 Å². The van der Waals surface area contributed by atoms with E-state index in [2.05, 4.69) is 32.9 Å². The van der Waals surface area contributed by atoms with Crippen molar-refractivity contribution in [1.29, 1.82) is 5.26 Å². The molecule has 142 valence electrons. The van der Waals surface area contributed by atoms with E-state index >= 15 is 0 Å². The molecule has 0 amide bonds. The van der Waals surface area contributed by atoms with Crippen LogP contribution >= 0.6 is 23.1 Å². The van der Waals surface area contributed by atoms with E-state index in [1.54, 1.807) is 11.3 Å². The SMILES string of the molecule is COC(=O)CSc1nc2c(c(-c3cccs3)c1C#N)CC[C@H](C(C)(C)C)C2. The molecule has 1 aliphatic carbocycles. The van der Waals surface area contributed by atoms with Crippen molar-refractivity contribution in [3.8, 4) is 16.5 Å². The second kappa shape index (κ2) is 8.04. The molecule has 2 aromatic heterocycles. The number of ether oxygens (including phenoxy) is 1. The Bertz CT molecular complexity index is 877. The molecule has 2 heterocycles. The zero-order valence-corrected chi connectivity index (χ0v) is 17.8. The first-order chi connectivity index (χ1) is 12.8. The number of thioether (sulfide) groups is 1. The van der Waals surface area contributed by atoms with E-state index in [4.69, 9.17) is 9.72 Å². The first-order valence-electron chi connectivity index (χ1n) is 9.04. The zero-order chi connectivity index (χ0) is 19.6. The number of nitriles is 1. The van der Waals surface area contributed by atoms with Crippen LogP contribution in [0.2, 0.25) is 0 Å². The summed E-state index contributed by atoms with van der Waals surface area (Å²) in [5.41, 5.74) is 4.10. The van der Waals surface area contributed by atoms with Gasteiger partial charge in [0.15, 0.2) is 0 Å². The molecule has 0 saturated carbocycles. The van der Waals surface area contributed by atoms with Crippen LogP contribution in [0.3, 0.4) is 0 Å². The molecule has 0 bridgehead atoms. The number of aromatic nitrogens is 1. The van der Waals surface area contributed by atoms with Crippen molar-refractivity contribution in [1.82, 2.24) is 4.98 Å². The monoisotopic (exact) mass is 400 g/mol. The van der Waals surface area contributed by atoms with Crippen LogP contribution in [0, 0.1) is 22.7 Å². The van der Waals surface area contributed by atoms with Crippen LogP contribution in [0.1, 0.15) is 44.0 Å². The number of carbonyl (C=O) groups excluding carboxylic acids is 1. The summed E-state index contributed by atoms with van der Waals surface area (Å²) in [4.78, 5) is 17.6. The third-order valence-electron chi connectivity index (χ3n) is 5.19. The summed E-state index contributed by atoms with van der Waals surface area (Å²) >= 11 is 2.94. The Morgan fingerprint density at radius 2 is 2.26 bits per heavy atom. The highest BCUT2D eigenvalue weighted by Crippen LogP contribution is 2.43. The predicted molar refractivity (Wildman–Crippen MR) is 110 cm³/mol. The fourth-order valence-corrected chi connectivity index (χ4v) is 5.21. The largest absolute Gasteiger partial charge is 0.468 e. The number of rotatable bonds is 4. The van der Waals surface area contributed by atoms with Crippen molar-refractivity contribution in [2.75, 3.05) is 12.9 Å². The van der Waals surface area contributed by atoms with Gasteiger partial charge in [-0.15, -0.1) is 11.3 Å². The van der Waals surface area contributed by atoms with Crippen molar-refractivity contribution in [3.63, 3.8) is 0 Å². The Morgan fingerprint density at radius 1 is 1.48 bits per heavy atom. The van der Waals surface area contributed by atoms with Crippen LogP contribution in [-0.4, -0.2) is 23.8 Å². The third kappa shape index (κ3) is 4.20.